The van der Waals surface area contributed by atoms with E-state index >= 15 is 0 Å². The molecule has 1 N–H and O–H groups in total. The third-order valence-electron chi connectivity index (χ3n) is 3.97. The Hall–Kier alpha value is -0.770. The summed E-state index contributed by atoms with van der Waals surface area (Å²) >= 11 is 3.46. The molecule has 0 radical (unpaired) electrons. The van der Waals surface area contributed by atoms with Gasteiger partial charge in [0.2, 0.25) is 5.91 Å². The highest BCUT2D eigenvalue weighted by Crippen LogP contribution is 2.29. The molecule has 92 valence electrons. The Morgan fingerprint density at radius 2 is 2.18 bits per heavy atom. The molecule has 1 aliphatic carbocycles. The molecule has 0 unspecified atom stereocenters. The summed E-state index contributed by atoms with van der Waals surface area (Å²) in [5.74, 6) is 0.685. The smallest absolute Gasteiger partial charge is 0.225 e. The van der Waals surface area contributed by atoms with E-state index in [0.717, 1.165) is 37.0 Å². The molecule has 0 spiro atoms. The number of halogens is 1. The number of H-pyrrole nitrogens is 1. The fourth-order valence-electron chi connectivity index (χ4n) is 3.02. The van der Waals surface area contributed by atoms with Crippen LogP contribution in [0.3, 0.4) is 0 Å². The summed E-state index contributed by atoms with van der Waals surface area (Å²) in [5.41, 5.74) is 2.56. The summed E-state index contributed by atoms with van der Waals surface area (Å²) < 4.78 is 1.03. The van der Waals surface area contributed by atoms with Gasteiger partial charge >= 0.3 is 0 Å². The summed E-state index contributed by atoms with van der Waals surface area (Å²) in [6.45, 7) is 1.65. The second-order valence-electron chi connectivity index (χ2n) is 5.11. The van der Waals surface area contributed by atoms with Gasteiger partial charge in [-0.15, -0.1) is 0 Å². The topological polar surface area (TPSA) is 36.1 Å². The number of hydrogen-bond acceptors (Lipinski definition) is 1. The monoisotopic (exact) mass is 296 g/mol. The largest absolute Gasteiger partial charge is 0.353 e. The predicted octanol–water partition coefficient (Wildman–Crippen LogP) is 2.85. The molecule has 0 aromatic carbocycles. The van der Waals surface area contributed by atoms with Crippen molar-refractivity contribution in [1.29, 1.82) is 0 Å². The van der Waals surface area contributed by atoms with Gasteiger partial charge in [-0.25, -0.2) is 0 Å². The van der Waals surface area contributed by atoms with Crippen LogP contribution in [0.2, 0.25) is 0 Å². The van der Waals surface area contributed by atoms with Crippen LogP contribution in [0.15, 0.2) is 10.7 Å². The lowest BCUT2D eigenvalue weighted by molar-refractivity contribution is -0.136. The summed E-state index contributed by atoms with van der Waals surface area (Å²) in [6, 6.07) is 2.10. The third-order valence-corrected chi connectivity index (χ3v) is 4.40. The first-order chi connectivity index (χ1) is 8.24. The van der Waals surface area contributed by atoms with E-state index in [1.54, 1.807) is 0 Å². The first kappa shape index (κ1) is 11.3. The second-order valence-corrected chi connectivity index (χ2v) is 5.97. The zero-order valence-corrected chi connectivity index (χ0v) is 11.4. The van der Waals surface area contributed by atoms with Crippen LogP contribution in [0.5, 0.6) is 0 Å². The Labute approximate surface area is 110 Å². The Kier molecular flexibility index (Phi) is 2.99. The van der Waals surface area contributed by atoms with Gasteiger partial charge < -0.3 is 9.88 Å². The van der Waals surface area contributed by atoms with Crippen LogP contribution in [0.25, 0.3) is 0 Å². The van der Waals surface area contributed by atoms with Crippen LogP contribution in [-0.4, -0.2) is 22.3 Å². The lowest BCUT2D eigenvalue weighted by atomic mass is 10.0. The van der Waals surface area contributed by atoms with E-state index in [1.807, 2.05) is 4.90 Å². The quantitative estimate of drug-likeness (QED) is 0.850. The van der Waals surface area contributed by atoms with Crippen molar-refractivity contribution in [2.45, 2.75) is 38.6 Å². The minimum atomic E-state index is 0.305. The molecule has 3 rings (SSSR count). The maximum atomic E-state index is 12.3. The van der Waals surface area contributed by atoms with Crippen molar-refractivity contribution in [2.24, 2.45) is 5.92 Å². The van der Waals surface area contributed by atoms with Crippen LogP contribution in [0, 0.1) is 5.92 Å². The van der Waals surface area contributed by atoms with E-state index < -0.39 is 0 Å². The van der Waals surface area contributed by atoms with Gasteiger partial charge in [-0.1, -0.05) is 12.8 Å². The number of nitrogens with one attached hydrogen (secondary N) is 1. The maximum Gasteiger partial charge on any atom is 0.225 e. The van der Waals surface area contributed by atoms with Crippen molar-refractivity contribution < 1.29 is 4.79 Å². The highest BCUT2D eigenvalue weighted by Gasteiger charge is 2.29. The van der Waals surface area contributed by atoms with E-state index in [0.29, 0.717) is 11.8 Å². The molecule has 17 heavy (non-hydrogen) atoms. The molecule has 1 fully saturated rings. The van der Waals surface area contributed by atoms with Crippen molar-refractivity contribution >= 4 is 21.8 Å². The number of nitrogens with zero attached hydrogens (tertiary/aromatic N) is 1. The average molecular weight is 297 g/mol. The second kappa shape index (κ2) is 4.48. The normalized spacial score (nSPS) is 20.6. The van der Waals surface area contributed by atoms with Crippen LogP contribution < -0.4 is 0 Å². The van der Waals surface area contributed by atoms with Gasteiger partial charge in [-0.2, -0.15) is 0 Å². The van der Waals surface area contributed by atoms with Gasteiger partial charge in [0.05, 0.1) is 4.60 Å². The molecular formula is C13H17BrN2O. The Morgan fingerprint density at radius 3 is 2.94 bits per heavy atom. The molecule has 1 saturated carbocycles. The van der Waals surface area contributed by atoms with Gasteiger partial charge in [0, 0.05) is 31.1 Å². The Morgan fingerprint density at radius 1 is 1.41 bits per heavy atom. The zero-order valence-electron chi connectivity index (χ0n) is 9.84. The van der Waals surface area contributed by atoms with Crippen molar-refractivity contribution in [2.75, 3.05) is 6.54 Å². The van der Waals surface area contributed by atoms with Gasteiger partial charge in [-0.3, -0.25) is 4.79 Å². The van der Waals surface area contributed by atoms with Gasteiger partial charge in [0.25, 0.3) is 0 Å². The molecule has 1 aromatic heterocycles. The minimum Gasteiger partial charge on any atom is -0.353 e. The van der Waals surface area contributed by atoms with E-state index in [-0.39, 0.29) is 0 Å². The van der Waals surface area contributed by atoms with Crippen molar-refractivity contribution in [3.05, 3.63) is 21.9 Å². The summed E-state index contributed by atoms with van der Waals surface area (Å²) in [7, 11) is 0. The summed E-state index contributed by atoms with van der Waals surface area (Å²) in [6.07, 6.45) is 5.60. The van der Waals surface area contributed by atoms with Crippen LogP contribution in [0.1, 0.15) is 36.9 Å². The molecule has 2 heterocycles. The van der Waals surface area contributed by atoms with E-state index in [4.69, 9.17) is 0 Å². The van der Waals surface area contributed by atoms with Gasteiger partial charge in [-0.05, 0) is 40.4 Å². The third kappa shape index (κ3) is 2.15. The SMILES string of the molecule is O=C(C1CCCC1)N1CCc2[nH]c(Br)cc2C1. The number of carbonyl (C=O) groups is 1. The number of aromatic nitrogens is 1. The maximum absolute atomic E-state index is 12.3. The molecule has 4 heteroatoms. The van der Waals surface area contributed by atoms with Crippen molar-refractivity contribution in [3.63, 3.8) is 0 Å². The predicted molar refractivity (Wildman–Crippen MR) is 69.6 cm³/mol. The Balaban J connectivity index is 1.72. The lowest BCUT2D eigenvalue weighted by Gasteiger charge is -2.29. The van der Waals surface area contributed by atoms with Gasteiger partial charge in [0.15, 0.2) is 0 Å². The zero-order chi connectivity index (χ0) is 11.8. The lowest BCUT2D eigenvalue weighted by Crippen LogP contribution is -2.38. The van der Waals surface area contributed by atoms with Gasteiger partial charge in [0.1, 0.15) is 0 Å². The average Bonchev–Trinajstić information content (AvgIpc) is 2.94. The number of aromatic amines is 1. The van der Waals surface area contributed by atoms with E-state index in [2.05, 4.69) is 27.0 Å². The van der Waals surface area contributed by atoms with E-state index in [1.165, 1.54) is 24.1 Å². The van der Waals surface area contributed by atoms with Crippen molar-refractivity contribution in [3.8, 4) is 0 Å². The fourth-order valence-corrected chi connectivity index (χ4v) is 3.53. The number of fused-ring (bicyclic) bond motifs is 1. The van der Waals surface area contributed by atoms with Crippen LogP contribution in [-0.2, 0) is 17.8 Å². The number of hydrogen-bond donors (Lipinski definition) is 1. The number of amides is 1. The molecular weight excluding hydrogens is 280 g/mol. The molecule has 1 amide bonds. The minimum absolute atomic E-state index is 0.305. The molecule has 0 bridgehead atoms. The summed E-state index contributed by atoms with van der Waals surface area (Å²) in [5, 5.41) is 0. The molecule has 1 aromatic rings. The van der Waals surface area contributed by atoms with E-state index in [9.17, 15) is 4.79 Å². The summed E-state index contributed by atoms with van der Waals surface area (Å²) in [4.78, 5) is 17.7. The highest BCUT2D eigenvalue weighted by atomic mass is 79.9. The molecule has 2 aliphatic rings. The molecule has 0 saturated heterocycles. The molecule has 1 aliphatic heterocycles. The van der Waals surface area contributed by atoms with Crippen molar-refractivity contribution in [1.82, 2.24) is 9.88 Å². The fraction of sp³-hybridized carbons (Fsp3) is 0.615. The molecule has 3 nitrogen and oxygen atoms in total. The first-order valence-electron chi connectivity index (χ1n) is 6.39. The standard InChI is InChI=1S/C13H17BrN2O/c14-12-7-10-8-16(6-5-11(10)15-12)13(17)9-3-1-2-4-9/h7,9,15H,1-6,8H2. The Bertz CT molecular complexity index is 435. The number of rotatable bonds is 1. The van der Waals surface area contributed by atoms with Crippen LogP contribution >= 0.6 is 15.9 Å². The first-order valence-corrected chi connectivity index (χ1v) is 7.18. The number of carbonyl (C=O) groups excluding carboxylic acids is 1. The highest BCUT2D eigenvalue weighted by molar-refractivity contribution is 9.10. The van der Waals surface area contributed by atoms with Crippen LogP contribution in [0.4, 0.5) is 0 Å². The molecule has 0 atom stereocenters.